The van der Waals surface area contributed by atoms with Crippen LogP contribution in [0.3, 0.4) is 0 Å². The Bertz CT molecular complexity index is 523. The highest BCUT2D eigenvalue weighted by Crippen LogP contribution is 2.42. The van der Waals surface area contributed by atoms with Gasteiger partial charge in [0.2, 0.25) is 0 Å². The molecule has 2 saturated heterocycles. The molecule has 2 aliphatic rings. The van der Waals surface area contributed by atoms with Crippen molar-refractivity contribution in [2.45, 2.75) is 50.7 Å². The summed E-state index contributed by atoms with van der Waals surface area (Å²) in [4.78, 5) is 2.47. The van der Waals surface area contributed by atoms with Gasteiger partial charge in [-0.15, -0.1) is 0 Å². The van der Waals surface area contributed by atoms with Crippen molar-refractivity contribution in [2.24, 2.45) is 0 Å². The van der Waals surface area contributed by atoms with E-state index in [1.807, 2.05) is 12.1 Å². The molecule has 2 fully saturated rings. The Kier molecular flexibility index (Phi) is 3.87. The molecule has 0 radical (unpaired) electrons. The minimum Gasteiger partial charge on any atom is -0.364 e. The molecule has 3 nitrogen and oxygen atoms in total. The Morgan fingerprint density at radius 1 is 1.35 bits per heavy atom. The molecule has 0 amide bonds. The second kappa shape index (κ2) is 5.63. The lowest BCUT2D eigenvalue weighted by molar-refractivity contribution is 0.361. The number of piperidine rings is 1. The molecule has 0 aliphatic carbocycles. The molecular formula is C16H20ClN3. The molecule has 106 valence electrons. The van der Waals surface area contributed by atoms with Gasteiger partial charge in [-0.1, -0.05) is 18.5 Å². The van der Waals surface area contributed by atoms with Crippen molar-refractivity contribution in [1.29, 1.82) is 5.26 Å². The predicted octanol–water partition coefficient (Wildman–Crippen LogP) is 3.32. The largest absolute Gasteiger partial charge is 0.364 e. The zero-order chi connectivity index (χ0) is 14.1. The number of nitrogens with zero attached hydrogens (tertiary/aromatic N) is 2. The lowest BCUT2D eigenvalue weighted by Crippen LogP contribution is -2.49. The molecule has 2 unspecified atom stereocenters. The summed E-state index contributed by atoms with van der Waals surface area (Å²) in [6, 6.07) is 9.55. The number of halogens is 1. The summed E-state index contributed by atoms with van der Waals surface area (Å²) in [6.07, 6.45) is 4.83. The minimum absolute atomic E-state index is 0.559. The predicted molar refractivity (Wildman–Crippen MR) is 82.2 cm³/mol. The van der Waals surface area contributed by atoms with Crippen molar-refractivity contribution in [1.82, 2.24) is 5.32 Å². The number of hydrogen-bond acceptors (Lipinski definition) is 3. The molecule has 1 N–H and O–H groups in total. The number of anilines is 1. The Morgan fingerprint density at radius 2 is 2.05 bits per heavy atom. The van der Waals surface area contributed by atoms with Gasteiger partial charge in [-0.25, -0.2) is 0 Å². The van der Waals surface area contributed by atoms with Crippen LogP contribution in [0, 0.1) is 11.3 Å². The molecule has 0 saturated carbocycles. The molecule has 1 aromatic carbocycles. The van der Waals surface area contributed by atoms with E-state index >= 15 is 0 Å². The number of rotatable bonds is 3. The van der Waals surface area contributed by atoms with Gasteiger partial charge in [0.25, 0.3) is 0 Å². The maximum Gasteiger partial charge on any atom is 0.0992 e. The summed E-state index contributed by atoms with van der Waals surface area (Å²) in [5, 5.41) is 13.4. The van der Waals surface area contributed by atoms with E-state index in [0.29, 0.717) is 23.7 Å². The highest BCUT2D eigenvalue weighted by Gasteiger charge is 2.41. The van der Waals surface area contributed by atoms with Crippen molar-refractivity contribution in [3.63, 3.8) is 0 Å². The van der Waals surface area contributed by atoms with E-state index < -0.39 is 0 Å². The highest BCUT2D eigenvalue weighted by atomic mass is 35.5. The van der Waals surface area contributed by atoms with Crippen LogP contribution in [0.25, 0.3) is 0 Å². The average Bonchev–Trinajstić information content (AvgIpc) is 2.71. The second-order valence-electron chi connectivity index (χ2n) is 5.80. The Hall–Kier alpha value is -1.24. The average molecular weight is 290 g/mol. The second-order valence-corrected chi connectivity index (χ2v) is 6.20. The molecule has 0 aromatic heterocycles. The fourth-order valence-corrected chi connectivity index (χ4v) is 4.02. The van der Waals surface area contributed by atoms with Crippen LogP contribution in [-0.2, 0) is 0 Å². The summed E-state index contributed by atoms with van der Waals surface area (Å²) in [6.45, 7) is 3.20. The molecule has 0 spiro atoms. The van der Waals surface area contributed by atoms with Crippen LogP contribution in [0.5, 0.6) is 0 Å². The first-order valence-corrected chi connectivity index (χ1v) is 7.82. The third-order valence-corrected chi connectivity index (χ3v) is 4.90. The van der Waals surface area contributed by atoms with Crippen molar-refractivity contribution in [2.75, 3.05) is 11.4 Å². The lowest BCUT2D eigenvalue weighted by Gasteiger charge is -2.41. The van der Waals surface area contributed by atoms with Gasteiger partial charge in [-0.05, 0) is 50.4 Å². The van der Waals surface area contributed by atoms with E-state index in [1.54, 1.807) is 6.07 Å². The first-order chi connectivity index (χ1) is 9.72. The summed E-state index contributed by atoms with van der Waals surface area (Å²) in [5.74, 6) is 0. The quantitative estimate of drug-likeness (QED) is 0.928. The lowest BCUT2D eigenvalue weighted by atomic mass is 9.96. The van der Waals surface area contributed by atoms with Crippen molar-refractivity contribution >= 4 is 17.3 Å². The zero-order valence-corrected chi connectivity index (χ0v) is 12.5. The van der Waals surface area contributed by atoms with E-state index in [2.05, 4.69) is 23.2 Å². The third-order valence-electron chi connectivity index (χ3n) is 4.58. The Balaban J connectivity index is 1.87. The van der Waals surface area contributed by atoms with Crippen LogP contribution in [0.1, 0.15) is 38.2 Å². The van der Waals surface area contributed by atoms with E-state index in [0.717, 1.165) is 17.3 Å². The van der Waals surface area contributed by atoms with Crippen LogP contribution >= 0.6 is 11.6 Å². The fourth-order valence-electron chi connectivity index (χ4n) is 3.81. The summed E-state index contributed by atoms with van der Waals surface area (Å²) < 4.78 is 0. The number of fused-ring (bicyclic) bond motifs is 2. The van der Waals surface area contributed by atoms with Crippen LogP contribution in [0.2, 0.25) is 5.02 Å². The summed E-state index contributed by atoms with van der Waals surface area (Å²) >= 11 is 6.38. The van der Waals surface area contributed by atoms with Gasteiger partial charge >= 0.3 is 0 Å². The van der Waals surface area contributed by atoms with Gasteiger partial charge in [-0.2, -0.15) is 5.26 Å². The molecule has 2 aliphatic heterocycles. The molecule has 2 bridgehead atoms. The first-order valence-electron chi connectivity index (χ1n) is 7.44. The van der Waals surface area contributed by atoms with Crippen LogP contribution in [0.4, 0.5) is 5.69 Å². The van der Waals surface area contributed by atoms with Gasteiger partial charge in [0.15, 0.2) is 0 Å². The molecule has 3 rings (SSSR count). The third kappa shape index (κ3) is 2.39. The van der Waals surface area contributed by atoms with Gasteiger partial charge in [0, 0.05) is 18.1 Å². The van der Waals surface area contributed by atoms with Crippen molar-refractivity contribution < 1.29 is 0 Å². The topological polar surface area (TPSA) is 39.1 Å². The molecule has 2 atom stereocenters. The van der Waals surface area contributed by atoms with Crippen LogP contribution in [0.15, 0.2) is 18.2 Å². The first kappa shape index (κ1) is 13.7. The SMILES string of the molecule is CCNC1CC2CCC(C1)N2c1cc(C#N)ccc1Cl. The Morgan fingerprint density at radius 3 is 2.65 bits per heavy atom. The van der Waals surface area contributed by atoms with Gasteiger partial charge in [-0.3, -0.25) is 0 Å². The van der Waals surface area contributed by atoms with Gasteiger partial charge in [0.05, 0.1) is 22.3 Å². The zero-order valence-electron chi connectivity index (χ0n) is 11.8. The molecule has 20 heavy (non-hydrogen) atoms. The standard InChI is InChI=1S/C16H20ClN3/c1-2-19-12-8-13-4-5-14(9-12)20(13)16-7-11(10-18)3-6-15(16)17/h3,6-7,12-14,19H,2,4-5,8-9H2,1H3. The normalized spacial score (nSPS) is 28.4. The smallest absolute Gasteiger partial charge is 0.0992 e. The summed E-state index contributed by atoms with van der Waals surface area (Å²) in [5.41, 5.74) is 1.74. The molecule has 4 heteroatoms. The van der Waals surface area contributed by atoms with E-state index in [1.165, 1.54) is 25.7 Å². The maximum absolute atomic E-state index is 9.09. The van der Waals surface area contributed by atoms with Gasteiger partial charge in [0.1, 0.15) is 0 Å². The fraction of sp³-hybridized carbons (Fsp3) is 0.562. The van der Waals surface area contributed by atoms with Gasteiger partial charge < -0.3 is 10.2 Å². The molecule has 1 aromatic rings. The molecular weight excluding hydrogens is 270 g/mol. The maximum atomic E-state index is 9.09. The van der Waals surface area contributed by atoms with Crippen molar-refractivity contribution in [3.05, 3.63) is 28.8 Å². The number of hydrogen-bond donors (Lipinski definition) is 1. The van der Waals surface area contributed by atoms with Crippen molar-refractivity contribution in [3.8, 4) is 6.07 Å². The monoisotopic (exact) mass is 289 g/mol. The molecule has 2 heterocycles. The van der Waals surface area contributed by atoms with Crippen LogP contribution in [-0.4, -0.2) is 24.7 Å². The Labute approximate surface area is 125 Å². The highest BCUT2D eigenvalue weighted by molar-refractivity contribution is 6.33. The number of nitrogens with one attached hydrogen (secondary N) is 1. The number of benzene rings is 1. The minimum atomic E-state index is 0.559. The number of nitriles is 1. The van der Waals surface area contributed by atoms with Crippen LogP contribution < -0.4 is 10.2 Å². The van der Waals surface area contributed by atoms with E-state index in [9.17, 15) is 0 Å². The van der Waals surface area contributed by atoms with E-state index in [4.69, 9.17) is 16.9 Å². The van der Waals surface area contributed by atoms with E-state index in [-0.39, 0.29) is 0 Å². The summed E-state index contributed by atoms with van der Waals surface area (Å²) in [7, 11) is 0.